The second kappa shape index (κ2) is 8.91. The maximum Gasteiger partial charge on any atom is 0.267 e. The Balaban J connectivity index is 1.80. The number of aryl methyl sites for hydroxylation is 1. The molecule has 0 aliphatic rings. The number of hydrogen-bond donors (Lipinski definition) is 1. The van der Waals surface area contributed by atoms with Crippen LogP contribution in [0, 0.1) is 6.92 Å². The van der Waals surface area contributed by atoms with Crippen LogP contribution in [0.5, 0.6) is 5.75 Å². The molecule has 156 valence electrons. The molecule has 0 unspecified atom stereocenters. The molecule has 0 saturated heterocycles. The Morgan fingerprint density at radius 1 is 1.10 bits per heavy atom. The molecule has 0 fully saturated rings. The van der Waals surface area contributed by atoms with Crippen molar-refractivity contribution in [3.8, 4) is 5.75 Å². The Morgan fingerprint density at radius 3 is 2.50 bits per heavy atom. The number of anilines is 1. The number of ether oxygens (including phenoxy) is 1. The Morgan fingerprint density at radius 2 is 1.83 bits per heavy atom. The van der Waals surface area contributed by atoms with Crippen molar-refractivity contribution in [2.75, 3.05) is 11.9 Å². The van der Waals surface area contributed by atoms with Crippen molar-refractivity contribution in [1.29, 1.82) is 0 Å². The van der Waals surface area contributed by atoms with E-state index in [-0.39, 0.29) is 9.92 Å². The average molecular weight is 427 g/mol. The van der Waals surface area contributed by atoms with E-state index in [0.29, 0.717) is 18.0 Å². The number of nitrogens with zero attached hydrogens (tertiary/aromatic N) is 2. The third kappa shape index (κ3) is 4.93. The van der Waals surface area contributed by atoms with Crippen molar-refractivity contribution >= 4 is 21.4 Å². The molecule has 0 spiro atoms. The number of amides is 1. The molecule has 3 rings (SSSR count). The smallest absolute Gasteiger partial charge is 0.267 e. The molecule has 30 heavy (non-hydrogen) atoms. The van der Waals surface area contributed by atoms with Gasteiger partial charge >= 0.3 is 0 Å². The zero-order valence-corrected chi connectivity index (χ0v) is 17.3. The first kappa shape index (κ1) is 21.3. The van der Waals surface area contributed by atoms with Crippen LogP contribution in [0.25, 0.3) is 0 Å². The summed E-state index contributed by atoms with van der Waals surface area (Å²) in [6.45, 7) is 3.75. The predicted octanol–water partition coefficient (Wildman–Crippen LogP) is 2.42. The first-order valence-corrected chi connectivity index (χ1v) is 10.7. The average Bonchev–Trinajstić information content (AvgIpc) is 2.71. The van der Waals surface area contributed by atoms with E-state index >= 15 is 0 Å². The molecule has 0 bridgehead atoms. The summed E-state index contributed by atoms with van der Waals surface area (Å²) < 4.78 is 31.8. The minimum absolute atomic E-state index is 0.0686. The van der Waals surface area contributed by atoms with Crippen molar-refractivity contribution < 1.29 is 17.9 Å². The van der Waals surface area contributed by atoms with Gasteiger partial charge in [0.2, 0.25) is 15.7 Å². The number of benzene rings is 2. The van der Waals surface area contributed by atoms with E-state index in [4.69, 9.17) is 4.74 Å². The van der Waals surface area contributed by atoms with Gasteiger partial charge in [0.1, 0.15) is 12.3 Å². The van der Waals surface area contributed by atoms with Crippen LogP contribution in [-0.2, 0) is 21.2 Å². The van der Waals surface area contributed by atoms with Gasteiger partial charge in [-0.3, -0.25) is 9.59 Å². The SMILES string of the molecule is CCOc1ccc(NC(=O)Cn2nc(S(=O)(=O)c3cccc(C)c3)ccc2=O)cc1. The number of aromatic nitrogens is 2. The molecule has 8 nitrogen and oxygen atoms in total. The van der Waals surface area contributed by atoms with Gasteiger partial charge in [-0.25, -0.2) is 13.1 Å². The summed E-state index contributed by atoms with van der Waals surface area (Å²) in [5, 5.41) is 6.24. The third-order valence-corrected chi connectivity index (χ3v) is 5.80. The van der Waals surface area contributed by atoms with Crippen LogP contribution in [0.2, 0.25) is 0 Å². The monoisotopic (exact) mass is 427 g/mol. The lowest BCUT2D eigenvalue weighted by Gasteiger charge is -2.10. The lowest BCUT2D eigenvalue weighted by atomic mass is 10.2. The topological polar surface area (TPSA) is 107 Å². The summed E-state index contributed by atoms with van der Waals surface area (Å²) in [5.41, 5.74) is 0.708. The first-order chi connectivity index (χ1) is 14.3. The fraction of sp³-hybridized carbons (Fsp3) is 0.190. The van der Waals surface area contributed by atoms with Gasteiger partial charge in [0.05, 0.1) is 11.5 Å². The molecular weight excluding hydrogens is 406 g/mol. The molecule has 2 aromatic carbocycles. The normalized spacial score (nSPS) is 11.1. The minimum atomic E-state index is -3.92. The number of hydrogen-bond acceptors (Lipinski definition) is 6. The predicted molar refractivity (Wildman–Crippen MR) is 111 cm³/mol. The van der Waals surface area contributed by atoms with Crippen molar-refractivity contribution in [3.05, 3.63) is 76.6 Å². The van der Waals surface area contributed by atoms with E-state index in [1.54, 1.807) is 43.3 Å². The Kier molecular flexibility index (Phi) is 6.31. The van der Waals surface area contributed by atoms with Crippen LogP contribution in [0.3, 0.4) is 0 Å². The molecule has 0 aliphatic heterocycles. The molecule has 0 radical (unpaired) electrons. The molecule has 0 aliphatic carbocycles. The number of rotatable bonds is 7. The van der Waals surface area contributed by atoms with Crippen LogP contribution in [-0.4, -0.2) is 30.7 Å². The fourth-order valence-corrected chi connectivity index (χ4v) is 4.02. The van der Waals surface area contributed by atoms with Gasteiger partial charge in [-0.2, -0.15) is 5.10 Å². The summed E-state index contributed by atoms with van der Waals surface area (Å²) >= 11 is 0. The second-order valence-electron chi connectivity index (χ2n) is 6.49. The van der Waals surface area contributed by atoms with Crippen molar-refractivity contribution in [2.24, 2.45) is 0 Å². The van der Waals surface area contributed by atoms with E-state index in [1.165, 1.54) is 12.1 Å². The maximum absolute atomic E-state index is 12.8. The molecular formula is C21H21N3O5S. The van der Waals surface area contributed by atoms with Gasteiger partial charge < -0.3 is 10.1 Å². The van der Waals surface area contributed by atoms with E-state index in [0.717, 1.165) is 22.4 Å². The minimum Gasteiger partial charge on any atom is -0.494 e. The van der Waals surface area contributed by atoms with Gasteiger partial charge in [-0.15, -0.1) is 0 Å². The summed E-state index contributed by atoms with van der Waals surface area (Å²) in [5.74, 6) is 0.154. The highest BCUT2D eigenvalue weighted by molar-refractivity contribution is 7.91. The zero-order valence-electron chi connectivity index (χ0n) is 16.5. The van der Waals surface area contributed by atoms with Crippen LogP contribution >= 0.6 is 0 Å². The van der Waals surface area contributed by atoms with Crippen LogP contribution < -0.4 is 15.6 Å². The molecule has 0 atom stereocenters. The van der Waals surface area contributed by atoms with Crippen LogP contribution in [0.15, 0.2) is 75.4 Å². The Hall–Kier alpha value is -3.46. The summed E-state index contributed by atoms with van der Waals surface area (Å²) in [6, 6.07) is 15.3. The summed E-state index contributed by atoms with van der Waals surface area (Å²) in [6.07, 6.45) is 0. The number of nitrogens with one attached hydrogen (secondary N) is 1. The van der Waals surface area contributed by atoms with E-state index in [1.807, 2.05) is 6.92 Å². The maximum atomic E-state index is 12.8. The summed E-state index contributed by atoms with van der Waals surface area (Å²) in [4.78, 5) is 24.5. The van der Waals surface area contributed by atoms with Crippen LogP contribution in [0.4, 0.5) is 5.69 Å². The highest BCUT2D eigenvalue weighted by Crippen LogP contribution is 2.19. The molecule has 1 amide bonds. The lowest BCUT2D eigenvalue weighted by molar-refractivity contribution is -0.117. The quantitative estimate of drug-likeness (QED) is 0.621. The lowest BCUT2D eigenvalue weighted by Crippen LogP contribution is -2.30. The largest absolute Gasteiger partial charge is 0.494 e. The Bertz CT molecular complexity index is 1220. The summed E-state index contributed by atoms with van der Waals surface area (Å²) in [7, 11) is -3.92. The molecule has 9 heteroatoms. The number of carbonyl (C=O) groups is 1. The van der Waals surface area contributed by atoms with Gasteiger partial charge in [0, 0.05) is 11.8 Å². The molecule has 0 saturated carbocycles. The van der Waals surface area contributed by atoms with Gasteiger partial charge in [-0.05, 0) is 61.9 Å². The highest BCUT2D eigenvalue weighted by Gasteiger charge is 2.21. The Labute approximate surface area is 174 Å². The van der Waals surface area contributed by atoms with E-state index in [2.05, 4.69) is 10.4 Å². The van der Waals surface area contributed by atoms with Gasteiger partial charge in [-0.1, -0.05) is 12.1 Å². The van der Waals surface area contributed by atoms with Gasteiger partial charge in [0.15, 0.2) is 5.03 Å². The van der Waals surface area contributed by atoms with Crippen molar-refractivity contribution in [1.82, 2.24) is 9.78 Å². The third-order valence-electron chi connectivity index (χ3n) is 4.16. The zero-order chi connectivity index (χ0) is 21.7. The molecule has 1 aromatic heterocycles. The van der Waals surface area contributed by atoms with E-state index < -0.39 is 27.8 Å². The highest BCUT2D eigenvalue weighted by atomic mass is 32.2. The number of carbonyl (C=O) groups excluding carboxylic acids is 1. The number of sulfone groups is 1. The molecule has 1 N–H and O–H groups in total. The second-order valence-corrected chi connectivity index (χ2v) is 8.39. The first-order valence-electron chi connectivity index (χ1n) is 9.22. The van der Waals surface area contributed by atoms with E-state index in [9.17, 15) is 18.0 Å². The fourth-order valence-electron chi connectivity index (χ4n) is 2.73. The standard InChI is InChI=1S/C21H21N3O5S/c1-3-29-17-9-7-16(8-10-17)22-19(25)14-24-21(26)12-11-20(23-24)30(27,28)18-6-4-5-15(2)13-18/h4-13H,3,14H2,1-2H3,(H,22,25). The van der Waals surface area contributed by atoms with Crippen molar-refractivity contribution in [3.63, 3.8) is 0 Å². The molecule has 1 heterocycles. The van der Waals surface area contributed by atoms with Gasteiger partial charge in [0.25, 0.3) is 5.56 Å². The van der Waals surface area contributed by atoms with Crippen LogP contribution in [0.1, 0.15) is 12.5 Å². The molecule has 3 aromatic rings. The van der Waals surface area contributed by atoms with Crippen molar-refractivity contribution in [2.45, 2.75) is 30.3 Å².